The summed E-state index contributed by atoms with van der Waals surface area (Å²) in [6.45, 7) is 7.02. The van der Waals surface area contributed by atoms with Crippen LogP contribution in [0, 0.1) is 0 Å². The first kappa shape index (κ1) is 23.9. The van der Waals surface area contributed by atoms with Crippen molar-refractivity contribution in [2.45, 2.75) is 38.0 Å². The van der Waals surface area contributed by atoms with Gasteiger partial charge < -0.3 is 9.64 Å². The maximum Gasteiger partial charge on any atom is 0.243 e. The summed E-state index contributed by atoms with van der Waals surface area (Å²) in [5.41, 5.74) is 1.59. The van der Waals surface area contributed by atoms with E-state index in [1.165, 1.54) is 28.9 Å². The number of carbonyl (C=O) groups excluding carboxylic acids is 2. The van der Waals surface area contributed by atoms with Crippen LogP contribution in [0.5, 0.6) is 5.75 Å². The van der Waals surface area contributed by atoms with Gasteiger partial charge in [0.05, 0.1) is 17.9 Å². The van der Waals surface area contributed by atoms with E-state index in [4.69, 9.17) is 4.74 Å². The van der Waals surface area contributed by atoms with Crippen molar-refractivity contribution in [2.24, 2.45) is 0 Å². The molecule has 1 heterocycles. The highest BCUT2D eigenvalue weighted by Gasteiger charge is 2.30. The number of ketones is 1. The molecule has 32 heavy (non-hydrogen) atoms. The molecule has 7 nitrogen and oxygen atoms in total. The van der Waals surface area contributed by atoms with Crippen LogP contribution in [0.4, 0.5) is 0 Å². The molecule has 1 aliphatic rings. The summed E-state index contributed by atoms with van der Waals surface area (Å²) in [5.74, 6) is 0.937. The van der Waals surface area contributed by atoms with Crippen LogP contribution in [0.25, 0.3) is 0 Å². The van der Waals surface area contributed by atoms with Crippen LogP contribution in [0.3, 0.4) is 0 Å². The van der Waals surface area contributed by atoms with Gasteiger partial charge in [-0.15, -0.1) is 0 Å². The first-order chi connectivity index (χ1) is 15.2. The molecule has 0 saturated carbocycles. The number of sulfonamides is 1. The number of amides is 1. The average molecular weight is 459 g/mol. The molecule has 0 atom stereocenters. The Morgan fingerprint density at radius 1 is 1.00 bits per heavy atom. The molecule has 0 N–H and O–H groups in total. The third-order valence-electron chi connectivity index (χ3n) is 5.60. The maximum atomic E-state index is 12.9. The van der Waals surface area contributed by atoms with Gasteiger partial charge in [0.2, 0.25) is 15.9 Å². The Morgan fingerprint density at radius 3 is 2.25 bits per heavy atom. The molecule has 0 unspecified atom stereocenters. The Bertz CT molecular complexity index is 1060. The highest BCUT2D eigenvalue weighted by Crippen LogP contribution is 2.20. The average Bonchev–Trinajstić information content (AvgIpc) is 2.79. The number of benzene rings is 2. The van der Waals surface area contributed by atoms with Crippen molar-refractivity contribution in [1.82, 2.24) is 9.21 Å². The quantitative estimate of drug-likeness (QED) is 0.567. The lowest BCUT2D eigenvalue weighted by atomic mass is 10.0. The molecule has 2 aromatic carbocycles. The molecular formula is C24H30N2O5S. The first-order valence-electron chi connectivity index (χ1n) is 10.8. The molecule has 3 rings (SSSR count). The number of ether oxygens (including phenoxy) is 1. The molecule has 1 saturated heterocycles. The highest BCUT2D eigenvalue weighted by molar-refractivity contribution is 7.89. The van der Waals surface area contributed by atoms with Gasteiger partial charge in [0.1, 0.15) is 5.75 Å². The highest BCUT2D eigenvalue weighted by atomic mass is 32.2. The van der Waals surface area contributed by atoms with Crippen molar-refractivity contribution in [2.75, 3.05) is 32.8 Å². The zero-order chi connectivity index (χ0) is 23.3. The van der Waals surface area contributed by atoms with Gasteiger partial charge in [0, 0.05) is 31.7 Å². The van der Waals surface area contributed by atoms with Crippen LogP contribution in [0.1, 0.15) is 49.0 Å². The van der Waals surface area contributed by atoms with E-state index in [9.17, 15) is 18.0 Å². The van der Waals surface area contributed by atoms with E-state index in [0.29, 0.717) is 24.6 Å². The standard InChI is InChI=1S/C24H30N2O5S/c1-18(2)20-7-9-22(10-8-20)31-16-11-24(28)25-12-14-26(15-13-25)32(29,30)23-6-4-5-21(17-23)19(3)27/h4-10,17-18H,11-16H2,1-3H3. The molecule has 172 valence electrons. The van der Waals surface area contributed by atoms with Crippen LogP contribution >= 0.6 is 0 Å². The molecular weight excluding hydrogens is 428 g/mol. The molecule has 1 fully saturated rings. The van der Waals surface area contributed by atoms with Gasteiger partial charge >= 0.3 is 0 Å². The first-order valence-corrected chi connectivity index (χ1v) is 12.2. The van der Waals surface area contributed by atoms with Crippen LogP contribution in [0.2, 0.25) is 0 Å². The van der Waals surface area contributed by atoms with Gasteiger partial charge in [-0.2, -0.15) is 4.31 Å². The second kappa shape index (κ2) is 10.3. The zero-order valence-electron chi connectivity index (χ0n) is 18.8. The van der Waals surface area contributed by atoms with Crippen LogP contribution < -0.4 is 4.74 Å². The topological polar surface area (TPSA) is 84.0 Å². The fourth-order valence-corrected chi connectivity index (χ4v) is 5.03. The van der Waals surface area contributed by atoms with E-state index in [0.717, 1.165) is 5.75 Å². The van der Waals surface area contributed by atoms with Gasteiger partial charge in [0.15, 0.2) is 5.78 Å². The Morgan fingerprint density at radius 2 is 1.66 bits per heavy atom. The molecule has 2 aromatic rings. The van der Waals surface area contributed by atoms with Crippen molar-refractivity contribution in [3.05, 3.63) is 59.7 Å². The lowest BCUT2D eigenvalue weighted by molar-refractivity contribution is -0.132. The second-order valence-corrected chi connectivity index (χ2v) is 10.1. The summed E-state index contributed by atoms with van der Waals surface area (Å²) in [7, 11) is -3.71. The number of hydrogen-bond donors (Lipinski definition) is 0. The molecule has 1 amide bonds. The summed E-state index contributed by atoms with van der Waals surface area (Å²) in [4.78, 5) is 25.9. The van der Waals surface area contributed by atoms with E-state index in [1.54, 1.807) is 17.0 Å². The summed E-state index contributed by atoms with van der Waals surface area (Å²) in [6, 6.07) is 13.9. The minimum atomic E-state index is -3.71. The maximum absolute atomic E-state index is 12.9. The van der Waals surface area contributed by atoms with Crippen LogP contribution in [0.15, 0.2) is 53.4 Å². The van der Waals surface area contributed by atoms with Crippen LogP contribution in [-0.4, -0.2) is 62.1 Å². The van der Waals surface area contributed by atoms with Crippen molar-refractivity contribution in [3.63, 3.8) is 0 Å². The van der Waals surface area contributed by atoms with E-state index in [-0.39, 0.29) is 42.7 Å². The molecule has 8 heteroatoms. The molecule has 0 bridgehead atoms. The van der Waals surface area contributed by atoms with E-state index >= 15 is 0 Å². The Labute approximate surface area is 190 Å². The fourth-order valence-electron chi connectivity index (χ4n) is 3.57. The van der Waals surface area contributed by atoms with Gasteiger partial charge in [0.25, 0.3) is 0 Å². The van der Waals surface area contributed by atoms with Gasteiger partial charge in [-0.3, -0.25) is 9.59 Å². The summed E-state index contributed by atoms with van der Waals surface area (Å²) >= 11 is 0. The summed E-state index contributed by atoms with van der Waals surface area (Å²) in [6.07, 6.45) is 0.235. The fraction of sp³-hybridized carbons (Fsp3) is 0.417. The largest absolute Gasteiger partial charge is 0.493 e. The van der Waals surface area contributed by atoms with E-state index < -0.39 is 10.0 Å². The smallest absolute Gasteiger partial charge is 0.243 e. The van der Waals surface area contributed by atoms with Gasteiger partial charge in [-0.25, -0.2) is 8.42 Å². The van der Waals surface area contributed by atoms with Crippen molar-refractivity contribution >= 4 is 21.7 Å². The normalized spacial score (nSPS) is 15.1. The number of nitrogens with zero attached hydrogens (tertiary/aromatic N) is 2. The zero-order valence-corrected chi connectivity index (χ0v) is 19.6. The molecule has 0 radical (unpaired) electrons. The minimum Gasteiger partial charge on any atom is -0.493 e. The minimum absolute atomic E-state index is 0.0561. The predicted molar refractivity (Wildman–Crippen MR) is 122 cm³/mol. The second-order valence-electron chi connectivity index (χ2n) is 8.19. The number of carbonyl (C=O) groups is 2. The van der Waals surface area contributed by atoms with E-state index in [1.807, 2.05) is 24.3 Å². The number of piperazine rings is 1. The Kier molecular flexibility index (Phi) is 7.69. The van der Waals surface area contributed by atoms with Gasteiger partial charge in [-0.1, -0.05) is 38.1 Å². The lowest BCUT2D eigenvalue weighted by Gasteiger charge is -2.34. The predicted octanol–water partition coefficient (Wildman–Crippen LogP) is 3.31. The molecule has 0 aromatic heterocycles. The van der Waals surface area contributed by atoms with Crippen molar-refractivity contribution in [1.29, 1.82) is 0 Å². The molecule has 0 aliphatic carbocycles. The third-order valence-corrected chi connectivity index (χ3v) is 7.50. The lowest BCUT2D eigenvalue weighted by Crippen LogP contribution is -2.50. The van der Waals surface area contributed by atoms with Crippen molar-refractivity contribution in [3.8, 4) is 5.75 Å². The number of hydrogen-bond acceptors (Lipinski definition) is 5. The number of Topliss-reactive ketones (excluding diaryl/α,β-unsaturated/α-hetero) is 1. The Hall–Kier alpha value is -2.71. The SMILES string of the molecule is CC(=O)c1cccc(S(=O)(=O)N2CCN(C(=O)CCOc3ccc(C(C)C)cc3)CC2)c1. The monoisotopic (exact) mass is 458 g/mol. The number of rotatable bonds is 8. The molecule has 0 spiro atoms. The Balaban J connectivity index is 1.50. The summed E-state index contributed by atoms with van der Waals surface area (Å²) < 4.78 is 32.9. The van der Waals surface area contributed by atoms with Gasteiger partial charge in [-0.05, 0) is 42.7 Å². The van der Waals surface area contributed by atoms with Crippen LogP contribution in [-0.2, 0) is 14.8 Å². The summed E-state index contributed by atoms with van der Waals surface area (Å²) in [5, 5.41) is 0. The van der Waals surface area contributed by atoms with E-state index in [2.05, 4.69) is 13.8 Å². The molecule has 1 aliphatic heterocycles. The third kappa shape index (κ3) is 5.75. The van der Waals surface area contributed by atoms with Crippen molar-refractivity contribution < 1.29 is 22.7 Å².